The maximum atomic E-state index is 5.27. The molecule has 4 aromatic carbocycles. The second kappa shape index (κ2) is 7.97. The first-order chi connectivity index (χ1) is 13.7. The molecule has 0 fully saturated rings. The quantitative estimate of drug-likeness (QED) is 0.337. The van der Waals surface area contributed by atoms with Crippen molar-refractivity contribution < 1.29 is 4.74 Å². The highest BCUT2D eigenvalue weighted by Crippen LogP contribution is 2.24. The van der Waals surface area contributed by atoms with Crippen LogP contribution in [0.25, 0.3) is 10.8 Å². The fourth-order valence-electron chi connectivity index (χ4n) is 3.15. The number of hydrogen-bond donors (Lipinski definition) is 1. The Hall–Kier alpha value is -3.59. The van der Waals surface area contributed by atoms with Crippen LogP contribution in [-0.4, -0.2) is 12.9 Å². The molecule has 0 atom stereocenters. The van der Waals surface area contributed by atoms with Crippen LogP contribution < -0.4 is 10.1 Å². The molecule has 3 heteroatoms. The summed E-state index contributed by atoms with van der Waals surface area (Å²) >= 11 is 0. The van der Waals surface area contributed by atoms with Crippen LogP contribution in [0.1, 0.15) is 11.1 Å². The van der Waals surface area contributed by atoms with E-state index in [2.05, 4.69) is 66.8 Å². The van der Waals surface area contributed by atoms with Crippen molar-refractivity contribution in [3.05, 3.63) is 102 Å². The van der Waals surface area contributed by atoms with Gasteiger partial charge < -0.3 is 10.1 Å². The largest absolute Gasteiger partial charge is 0.497 e. The Kier molecular flexibility index (Phi) is 5.07. The van der Waals surface area contributed by atoms with Gasteiger partial charge >= 0.3 is 0 Å². The number of ether oxygens (including phenoxy) is 1. The lowest BCUT2D eigenvalue weighted by molar-refractivity contribution is 0.415. The van der Waals surface area contributed by atoms with E-state index in [0.717, 1.165) is 33.9 Å². The van der Waals surface area contributed by atoms with Gasteiger partial charge in [0.05, 0.1) is 12.8 Å². The molecule has 0 aliphatic heterocycles. The molecule has 0 amide bonds. The molecule has 0 aromatic heterocycles. The molecule has 0 bridgehead atoms. The summed E-state index contributed by atoms with van der Waals surface area (Å²) in [6, 6.07) is 30.8. The predicted molar refractivity (Wildman–Crippen MR) is 118 cm³/mol. The van der Waals surface area contributed by atoms with Gasteiger partial charge in [-0.3, -0.25) is 0 Å². The Bertz CT molecular complexity index is 1110. The molecule has 28 heavy (non-hydrogen) atoms. The van der Waals surface area contributed by atoms with Gasteiger partial charge in [0.15, 0.2) is 0 Å². The third-order valence-corrected chi connectivity index (χ3v) is 4.67. The monoisotopic (exact) mass is 366 g/mol. The predicted octanol–water partition coefficient (Wildman–Crippen LogP) is 6.35. The first kappa shape index (κ1) is 17.8. The Balaban J connectivity index is 1.81. The normalized spacial score (nSPS) is 11.4. The van der Waals surface area contributed by atoms with Gasteiger partial charge in [0, 0.05) is 11.3 Å². The van der Waals surface area contributed by atoms with Crippen LogP contribution >= 0.6 is 0 Å². The van der Waals surface area contributed by atoms with Crippen LogP contribution in [-0.2, 0) is 0 Å². The van der Waals surface area contributed by atoms with E-state index in [4.69, 9.17) is 9.73 Å². The molecule has 0 aliphatic rings. The summed E-state index contributed by atoms with van der Waals surface area (Å²) in [6.07, 6.45) is 0. The van der Waals surface area contributed by atoms with E-state index in [9.17, 15) is 0 Å². The first-order valence-electron chi connectivity index (χ1n) is 9.27. The lowest BCUT2D eigenvalue weighted by Gasteiger charge is -2.13. The van der Waals surface area contributed by atoms with Crippen molar-refractivity contribution in [1.82, 2.24) is 0 Å². The highest BCUT2D eigenvalue weighted by atomic mass is 16.5. The number of aryl methyl sites for hydroxylation is 1. The van der Waals surface area contributed by atoms with Crippen LogP contribution in [0.2, 0.25) is 0 Å². The summed E-state index contributed by atoms with van der Waals surface area (Å²) in [5.41, 5.74) is 4.15. The number of anilines is 1. The lowest BCUT2D eigenvalue weighted by atomic mass is 10.0. The summed E-state index contributed by atoms with van der Waals surface area (Å²) in [6.45, 7) is 2.08. The maximum absolute atomic E-state index is 5.27. The van der Waals surface area contributed by atoms with Gasteiger partial charge in [0.25, 0.3) is 0 Å². The fraction of sp³-hybridized carbons (Fsp3) is 0.0800. The zero-order chi connectivity index (χ0) is 19.3. The van der Waals surface area contributed by atoms with E-state index in [-0.39, 0.29) is 0 Å². The number of methoxy groups -OCH3 is 1. The fourth-order valence-corrected chi connectivity index (χ4v) is 3.15. The average molecular weight is 366 g/mol. The van der Waals surface area contributed by atoms with Crippen molar-refractivity contribution in [1.29, 1.82) is 0 Å². The summed E-state index contributed by atoms with van der Waals surface area (Å²) in [4.78, 5) is 4.93. The standard InChI is InChI=1S/C25H22N2O/c1-18-10-12-20(13-11-18)26-25(27-21-14-16-22(28-2)17-15-21)24-9-5-7-19-6-3-4-8-23(19)24/h3-17H,1-2H3,(H,26,27). The molecule has 4 rings (SSSR count). The lowest BCUT2D eigenvalue weighted by Crippen LogP contribution is -2.14. The minimum Gasteiger partial charge on any atom is -0.497 e. The number of nitrogens with zero attached hydrogens (tertiary/aromatic N) is 1. The van der Waals surface area contributed by atoms with Gasteiger partial charge in [-0.15, -0.1) is 0 Å². The molecule has 1 N–H and O–H groups in total. The molecular weight excluding hydrogens is 344 g/mol. The highest BCUT2D eigenvalue weighted by molar-refractivity contribution is 6.16. The Morgan fingerprint density at radius 2 is 1.50 bits per heavy atom. The molecular formula is C25H22N2O. The maximum Gasteiger partial charge on any atom is 0.138 e. The van der Waals surface area contributed by atoms with Gasteiger partial charge in [0.2, 0.25) is 0 Å². The number of hydrogen-bond acceptors (Lipinski definition) is 2. The van der Waals surface area contributed by atoms with Gasteiger partial charge in [-0.1, -0.05) is 60.2 Å². The van der Waals surface area contributed by atoms with Crippen LogP contribution in [0.3, 0.4) is 0 Å². The first-order valence-corrected chi connectivity index (χ1v) is 9.27. The second-order valence-corrected chi connectivity index (χ2v) is 6.68. The van der Waals surface area contributed by atoms with E-state index in [1.807, 2.05) is 36.4 Å². The van der Waals surface area contributed by atoms with Gasteiger partial charge in [-0.25, -0.2) is 4.99 Å². The summed E-state index contributed by atoms with van der Waals surface area (Å²) < 4.78 is 5.27. The molecule has 3 nitrogen and oxygen atoms in total. The summed E-state index contributed by atoms with van der Waals surface area (Å²) in [7, 11) is 1.67. The SMILES string of the molecule is COc1ccc(NC(=Nc2ccc(C)cc2)c2cccc3ccccc23)cc1. The Labute approximate surface area is 165 Å². The summed E-state index contributed by atoms with van der Waals surface area (Å²) in [5, 5.41) is 5.85. The van der Waals surface area contributed by atoms with Crippen molar-refractivity contribution in [2.45, 2.75) is 6.92 Å². The molecule has 0 heterocycles. The molecule has 0 unspecified atom stereocenters. The van der Waals surface area contributed by atoms with Crippen LogP contribution in [0, 0.1) is 6.92 Å². The number of amidine groups is 1. The van der Waals surface area contributed by atoms with E-state index < -0.39 is 0 Å². The van der Waals surface area contributed by atoms with Crippen LogP contribution in [0.5, 0.6) is 5.75 Å². The third kappa shape index (κ3) is 3.89. The third-order valence-electron chi connectivity index (χ3n) is 4.67. The van der Waals surface area contributed by atoms with Gasteiger partial charge in [-0.2, -0.15) is 0 Å². The Morgan fingerprint density at radius 3 is 2.25 bits per heavy atom. The molecule has 0 saturated carbocycles. The molecule has 4 aromatic rings. The van der Waals surface area contributed by atoms with Crippen LogP contribution in [0.4, 0.5) is 11.4 Å². The molecule has 0 saturated heterocycles. The number of nitrogens with one attached hydrogen (secondary N) is 1. The molecule has 0 spiro atoms. The minimum absolute atomic E-state index is 0.811. The number of aliphatic imine (C=N–C) groups is 1. The molecule has 0 radical (unpaired) electrons. The van der Waals surface area contributed by atoms with Crippen molar-refractivity contribution >= 4 is 28.0 Å². The molecule has 138 valence electrons. The topological polar surface area (TPSA) is 33.6 Å². The number of benzene rings is 4. The van der Waals surface area contributed by atoms with E-state index in [0.29, 0.717) is 0 Å². The van der Waals surface area contributed by atoms with E-state index in [1.165, 1.54) is 10.9 Å². The average Bonchev–Trinajstić information content (AvgIpc) is 2.75. The van der Waals surface area contributed by atoms with Crippen molar-refractivity contribution in [3.63, 3.8) is 0 Å². The van der Waals surface area contributed by atoms with Crippen molar-refractivity contribution in [2.75, 3.05) is 12.4 Å². The summed E-state index contributed by atoms with van der Waals surface area (Å²) in [5.74, 6) is 1.64. The number of rotatable bonds is 4. The van der Waals surface area contributed by atoms with Gasteiger partial charge in [0.1, 0.15) is 11.6 Å². The van der Waals surface area contributed by atoms with Gasteiger partial charge in [-0.05, 0) is 54.1 Å². The van der Waals surface area contributed by atoms with E-state index >= 15 is 0 Å². The smallest absolute Gasteiger partial charge is 0.138 e. The van der Waals surface area contributed by atoms with Crippen LogP contribution in [0.15, 0.2) is 96.0 Å². The Morgan fingerprint density at radius 1 is 0.786 bits per heavy atom. The minimum atomic E-state index is 0.811. The van der Waals surface area contributed by atoms with E-state index in [1.54, 1.807) is 7.11 Å². The van der Waals surface area contributed by atoms with Crippen molar-refractivity contribution in [2.24, 2.45) is 4.99 Å². The zero-order valence-corrected chi connectivity index (χ0v) is 16.0. The highest BCUT2D eigenvalue weighted by Gasteiger charge is 2.09. The number of fused-ring (bicyclic) bond motifs is 1. The zero-order valence-electron chi connectivity index (χ0n) is 16.0. The second-order valence-electron chi connectivity index (χ2n) is 6.68. The molecule has 0 aliphatic carbocycles. The van der Waals surface area contributed by atoms with Crippen molar-refractivity contribution in [3.8, 4) is 5.75 Å².